The predicted octanol–water partition coefficient (Wildman–Crippen LogP) is 3.91. The van der Waals surface area contributed by atoms with Gasteiger partial charge in [0.25, 0.3) is 0 Å². The Labute approximate surface area is 113 Å². The Kier molecular flexibility index (Phi) is 6.85. The summed E-state index contributed by atoms with van der Waals surface area (Å²) in [6, 6.07) is 0. The Morgan fingerprint density at radius 1 is 1.22 bits per heavy atom. The van der Waals surface area contributed by atoms with E-state index in [-0.39, 0.29) is 11.0 Å². The van der Waals surface area contributed by atoms with Gasteiger partial charge in [-0.05, 0) is 37.0 Å². The van der Waals surface area contributed by atoms with Gasteiger partial charge in [0, 0.05) is 6.08 Å². The van der Waals surface area contributed by atoms with Crippen LogP contribution in [-0.4, -0.2) is 27.5 Å². The predicted molar refractivity (Wildman–Crippen MR) is 78.2 cm³/mol. The Bertz CT molecular complexity index is 301. The second-order valence-corrected chi connectivity index (χ2v) is 10.8. The minimum Gasteiger partial charge on any atom is -0.463 e. The summed E-state index contributed by atoms with van der Waals surface area (Å²) in [4.78, 5) is 11.4. The molecule has 0 aliphatic heterocycles. The minimum atomic E-state index is -1.75. The van der Waals surface area contributed by atoms with Gasteiger partial charge in [0.05, 0.1) is 13.2 Å². The molecule has 0 aromatic carbocycles. The molecule has 0 aromatic rings. The fourth-order valence-corrected chi connectivity index (χ4v) is 2.07. The average Bonchev–Trinajstić information content (AvgIpc) is 2.22. The molecule has 0 radical (unpaired) electrons. The van der Waals surface area contributed by atoms with Crippen LogP contribution in [0.1, 0.15) is 41.0 Å². The van der Waals surface area contributed by atoms with Crippen molar-refractivity contribution in [3.63, 3.8) is 0 Å². The van der Waals surface area contributed by atoms with Crippen LogP contribution in [0.5, 0.6) is 0 Å². The van der Waals surface area contributed by atoms with Crippen molar-refractivity contribution < 1.29 is 14.0 Å². The van der Waals surface area contributed by atoms with Crippen LogP contribution < -0.4 is 0 Å². The van der Waals surface area contributed by atoms with Gasteiger partial charge in [0.2, 0.25) is 0 Å². The first-order valence-corrected chi connectivity index (χ1v) is 9.55. The number of hydrogen-bond acceptors (Lipinski definition) is 3. The fraction of sp³-hybridized carbons (Fsp3) is 0.786. The van der Waals surface area contributed by atoms with Crippen molar-refractivity contribution in [3.05, 3.63) is 11.6 Å². The van der Waals surface area contributed by atoms with Crippen molar-refractivity contribution in [2.24, 2.45) is 0 Å². The quantitative estimate of drug-likeness (QED) is 0.418. The summed E-state index contributed by atoms with van der Waals surface area (Å²) >= 11 is 0. The Morgan fingerprint density at radius 3 is 2.17 bits per heavy atom. The van der Waals surface area contributed by atoms with Gasteiger partial charge < -0.3 is 9.16 Å². The van der Waals surface area contributed by atoms with Crippen molar-refractivity contribution in [1.82, 2.24) is 0 Å². The monoisotopic (exact) mass is 272 g/mol. The maximum Gasteiger partial charge on any atom is 0.330 e. The molecule has 0 rings (SSSR count). The van der Waals surface area contributed by atoms with E-state index in [1.807, 2.05) is 13.8 Å². The largest absolute Gasteiger partial charge is 0.463 e. The highest BCUT2D eigenvalue weighted by atomic mass is 28.4. The van der Waals surface area contributed by atoms with Crippen LogP contribution in [-0.2, 0) is 14.0 Å². The molecule has 0 saturated carbocycles. The molecule has 0 unspecified atom stereocenters. The van der Waals surface area contributed by atoms with E-state index in [1.165, 1.54) is 0 Å². The van der Waals surface area contributed by atoms with Gasteiger partial charge in [-0.1, -0.05) is 27.7 Å². The highest BCUT2D eigenvalue weighted by molar-refractivity contribution is 6.74. The number of carbonyl (C=O) groups is 1. The van der Waals surface area contributed by atoms with Crippen LogP contribution in [0.25, 0.3) is 0 Å². The van der Waals surface area contributed by atoms with E-state index < -0.39 is 8.32 Å². The maximum atomic E-state index is 11.4. The molecular weight excluding hydrogens is 244 g/mol. The topological polar surface area (TPSA) is 35.5 Å². The zero-order chi connectivity index (χ0) is 14.4. The molecule has 0 N–H and O–H groups in total. The lowest BCUT2D eigenvalue weighted by atomic mass is 10.2. The smallest absolute Gasteiger partial charge is 0.330 e. The lowest BCUT2D eigenvalue weighted by Crippen LogP contribution is -2.41. The van der Waals surface area contributed by atoms with Crippen LogP contribution in [0.2, 0.25) is 18.1 Å². The van der Waals surface area contributed by atoms with E-state index in [9.17, 15) is 4.79 Å². The molecule has 0 fully saturated rings. The summed E-state index contributed by atoms with van der Waals surface area (Å²) in [7, 11) is -1.75. The van der Waals surface area contributed by atoms with E-state index in [4.69, 9.17) is 9.16 Å². The Balaban J connectivity index is 4.54. The highest BCUT2D eigenvalue weighted by Crippen LogP contribution is 2.36. The van der Waals surface area contributed by atoms with Gasteiger partial charge >= 0.3 is 5.97 Å². The second-order valence-electron chi connectivity index (χ2n) is 5.96. The van der Waals surface area contributed by atoms with E-state index in [0.717, 1.165) is 12.0 Å². The third kappa shape index (κ3) is 5.82. The summed E-state index contributed by atoms with van der Waals surface area (Å²) in [6.45, 7) is 15.8. The number of hydrogen-bond donors (Lipinski definition) is 0. The van der Waals surface area contributed by atoms with Gasteiger partial charge in [-0.15, -0.1) is 0 Å². The first-order chi connectivity index (χ1) is 8.14. The zero-order valence-corrected chi connectivity index (χ0v) is 13.9. The van der Waals surface area contributed by atoms with Gasteiger partial charge in [-0.2, -0.15) is 0 Å². The summed E-state index contributed by atoms with van der Waals surface area (Å²) in [5.41, 5.74) is 0.998. The maximum absolute atomic E-state index is 11.4. The van der Waals surface area contributed by atoms with Crippen LogP contribution >= 0.6 is 0 Å². The normalized spacial score (nSPS) is 13.6. The summed E-state index contributed by atoms with van der Waals surface area (Å²) in [5.74, 6) is -0.270. The molecule has 0 aliphatic carbocycles. The molecule has 0 aliphatic rings. The molecule has 3 nitrogen and oxygen atoms in total. The molecule has 18 heavy (non-hydrogen) atoms. The molecular formula is C14H28O3Si. The van der Waals surface area contributed by atoms with Crippen molar-refractivity contribution in [1.29, 1.82) is 0 Å². The minimum absolute atomic E-state index is 0.190. The number of rotatable bonds is 6. The molecule has 0 spiro atoms. The number of ether oxygens (including phenoxy) is 1. The SMILES string of the molecule is CCOC(=O)/C=C(\CC)CO[Si](C)(C)C(C)(C)C. The molecule has 0 saturated heterocycles. The molecule has 4 heteroatoms. The summed E-state index contributed by atoms with van der Waals surface area (Å²) in [6.07, 6.45) is 2.38. The van der Waals surface area contributed by atoms with Gasteiger partial charge in [0.15, 0.2) is 8.32 Å². The van der Waals surface area contributed by atoms with Gasteiger partial charge in [0.1, 0.15) is 0 Å². The molecule has 106 valence electrons. The first-order valence-electron chi connectivity index (χ1n) is 6.64. The van der Waals surface area contributed by atoms with Crippen LogP contribution in [0.15, 0.2) is 11.6 Å². The van der Waals surface area contributed by atoms with Crippen molar-refractivity contribution in [3.8, 4) is 0 Å². The number of carbonyl (C=O) groups excluding carboxylic acids is 1. The summed E-state index contributed by atoms with van der Waals surface area (Å²) in [5, 5.41) is 0.190. The third-order valence-electron chi connectivity index (χ3n) is 3.49. The van der Waals surface area contributed by atoms with Crippen LogP contribution in [0.3, 0.4) is 0 Å². The Hall–Kier alpha value is -0.613. The van der Waals surface area contributed by atoms with Crippen LogP contribution in [0, 0.1) is 0 Å². The fourth-order valence-electron chi connectivity index (χ4n) is 1.09. The lowest BCUT2D eigenvalue weighted by molar-refractivity contribution is -0.137. The number of esters is 1. The molecule has 0 atom stereocenters. The van der Waals surface area contributed by atoms with Crippen molar-refractivity contribution in [2.75, 3.05) is 13.2 Å². The van der Waals surface area contributed by atoms with E-state index >= 15 is 0 Å². The molecule has 0 aromatic heterocycles. The molecule has 0 amide bonds. The Morgan fingerprint density at radius 2 is 1.78 bits per heavy atom. The van der Waals surface area contributed by atoms with Crippen molar-refractivity contribution >= 4 is 14.3 Å². The van der Waals surface area contributed by atoms with E-state index in [0.29, 0.717) is 13.2 Å². The van der Waals surface area contributed by atoms with Crippen LogP contribution in [0.4, 0.5) is 0 Å². The molecule has 0 heterocycles. The van der Waals surface area contributed by atoms with Gasteiger partial charge in [-0.3, -0.25) is 0 Å². The summed E-state index contributed by atoms with van der Waals surface area (Å²) < 4.78 is 11.0. The van der Waals surface area contributed by atoms with Crippen molar-refractivity contribution in [2.45, 2.75) is 59.2 Å². The average molecular weight is 272 g/mol. The van der Waals surface area contributed by atoms with Gasteiger partial charge in [-0.25, -0.2) is 4.79 Å². The molecule has 0 bridgehead atoms. The van der Waals surface area contributed by atoms with E-state index in [1.54, 1.807) is 6.08 Å². The highest BCUT2D eigenvalue weighted by Gasteiger charge is 2.37. The second kappa shape index (κ2) is 7.09. The zero-order valence-electron chi connectivity index (χ0n) is 12.9. The lowest BCUT2D eigenvalue weighted by Gasteiger charge is -2.36. The first kappa shape index (κ1) is 17.4. The van der Waals surface area contributed by atoms with E-state index in [2.05, 4.69) is 33.9 Å². The third-order valence-corrected chi connectivity index (χ3v) is 7.97. The standard InChI is InChI=1S/C14H28O3Si/c1-8-12(10-13(15)16-9-2)11-17-18(6,7)14(3,4)5/h10H,8-9,11H2,1-7H3/b12-10+.